The van der Waals surface area contributed by atoms with Gasteiger partial charge in [0.25, 0.3) is 0 Å². The minimum Gasteiger partial charge on any atom is -0.225 e. The van der Waals surface area contributed by atoms with Crippen LogP contribution in [0.25, 0.3) is 0 Å². The first kappa shape index (κ1) is 8.76. The van der Waals surface area contributed by atoms with E-state index in [2.05, 4.69) is 12.1 Å². The predicted octanol–water partition coefficient (Wildman–Crippen LogP) is 2.84. The molecule has 1 heteroatoms. The summed E-state index contributed by atoms with van der Waals surface area (Å²) in [5.41, 5.74) is 2.81. The maximum Gasteiger partial charge on any atom is 0.123 e. The van der Waals surface area contributed by atoms with Gasteiger partial charge in [-0.15, -0.1) is 0 Å². The Balaban J connectivity index is 2.42. The van der Waals surface area contributed by atoms with E-state index in [0.717, 1.165) is 12.0 Å². The summed E-state index contributed by atoms with van der Waals surface area (Å²) >= 11 is 0. The SMILES string of the molecule is CC(C)([O])c1ccc2c(c1)CCC2. The van der Waals surface area contributed by atoms with Crippen LogP contribution in [-0.4, -0.2) is 0 Å². The van der Waals surface area contributed by atoms with E-state index in [1.807, 2.05) is 6.07 Å². The third-order valence-corrected chi connectivity index (χ3v) is 2.79. The molecule has 69 valence electrons. The Morgan fingerprint density at radius 3 is 2.54 bits per heavy atom. The molecule has 0 aromatic heterocycles. The maximum absolute atomic E-state index is 11.7. The van der Waals surface area contributed by atoms with Crippen LogP contribution in [0.2, 0.25) is 0 Å². The number of hydrogen-bond donors (Lipinski definition) is 0. The molecule has 0 aliphatic heterocycles. The second-order valence-electron chi connectivity index (χ2n) is 4.35. The van der Waals surface area contributed by atoms with Gasteiger partial charge in [0.2, 0.25) is 0 Å². The smallest absolute Gasteiger partial charge is 0.123 e. The summed E-state index contributed by atoms with van der Waals surface area (Å²) in [5, 5.41) is 11.7. The second kappa shape index (κ2) is 2.85. The molecule has 2 rings (SSSR count). The van der Waals surface area contributed by atoms with Crippen LogP contribution in [0.15, 0.2) is 18.2 Å². The monoisotopic (exact) mass is 175 g/mol. The van der Waals surface area contributed by atoms with E-state index in [9.17, 15) is 5.11 Å². The van der Waals surface area contributed by atoms with Gasteiger partial charge in [-0.3, -0.25) is 0 Å². The average molecular weight is 175 g/mol. The Morgan fingerprint density at radius 1 is 1.15 bits per heavy atom. The summed E-state index contributed by atoms with van der Waals surface area (Å²) in [6.45, 7) is 3.45. The lowest BCUT2D eigenvalue weighted by molar-refractivity contribution is -0.000156. The van der Waals surface area contributed by atoms with E-state index >= 15 is 0 Å². The molecule has 0 fully saturated rings. The topological polar surface area (TPSA) is 19.9 Å². The van der Waals surface area contributed by atoms with Crippen LogP contribution in [0.3, 0.4) is 0 Å². The van der Waals surface area contributed by atoms with Crippen LogP contribution in [0.1, 0.15) is 37.0 Å². The van der Waals surface area contributed by atoms with Gasteiger partial charge in [-0.25, -0.2) is 5.11 Å². The molecule has 1 radical (unpaired) electrons. The molecule has 0 bridgehead atoms. The molecule has 0 unspecified atom stereocenters. The third kappa shape index (κ3) is 1.61. The van der Waals surface area contributed by atoms with Gasteiger partial charge in [-0.1, -0.05) is 18.2 Å². The molecule has 0 atom stereocenters. The summed E-state index contributed by atoms with van der Waals surface area (Å²) < 4.78 is 0. The van der Waals surface area contributed by atoms with Crippen LogP contribution < -0.4 is 0 Å². The van der Waals surface area contributed by atoms with Crippen molar-refractivity contribution in [2.24, 2.45) is 0 Å². The van der Waals surface area contributed by atoms with Crippen LogP contribution in [0.5, 0.6) is 0 Å². The van der Waals surface area contributed by atoms with Crippen molar-refractivity contribution < 1.29 is 5.11 Å². The van der Waals surface area contributed by atoms with Crippen LogP contribution in [-0.2, 0) is 23.5 Å². The van der Waals surface area contributed by atoms with Gasteiger partial charge >= 0.3 is 0 Å². The Kier molecular flexibility index (Phi) is 1.92. The molecule has 1 aromatic rings. The fourth-order valence-corrected chi connectivity index (χ4v) is 1.95. The zero-order valence-corrected chi connectivity index (χ0v) is 8.26. The van der Waals surface area contributed by atoms with Crippen molar-refractivity contribution in [2.75, 3.05) is 0 Å². The van der Waals surface area contributed by atoms with Gasteiger partial charge in [0.05, 0.1) is 0 Å². The molecule has 0 spiro atoms. The van der Waals surface area contributed by atoms with Crippen molar-refractivity contribution in [2.45, 2.75) is 38.7 Å². The highest BCUT2D eigenvalue weighted by atomic mass is 16.3. The third-order valence-electron chi connectivity index (χ3n) is 2.79. The maximum atomic E-state index is 11.7. The molecule has 0 heterocycles. The van der Waals surface area contributed by atoms with Crippen molar-refractivity contribution >= 4 is 0 Å². The summed E-state index contributed by atoms with van der Waals surface area (Å²) in [7, 11) is 0. The first-order valence-electron chi connectivity index (χ1n) is 4.90. The van der Waals surface area contributed by atoms with Crippen molar-refractivity contribution in [3.8, 4) is 0 Å². The molecular weight excluding hydrogens is 160 g/mol. The molecule has 1 aliphatic rings. The van der Waals surface area contributed by atoms with Gasteiger partial charge in [-0.05, 0) is 49.8 Å². The van der Waals surface area contributed by atoms with Crippen LogP contribution in [0, 0.1) is 0 Å². The Bertz CT molecular complexity index is 320. The lowest BCUT2D eigenvalue weighted by Crippen LogP contribution is -2.13. The average Bonchev–Trinajstić information content (AvgIpc) is 2.47. The van der Waals surface area contributed by atoms with E-state index in [1.54, 1.807) is 13.8 Å². The van der Waals surface area contributed by atoms with E-state index in [-0.39, 0.29) is 0 Å². The highest BCUT2D eigenvalue weighted by molar-refractivity contribution is 5.37. The molecule has 1 aromatic carbocycles. The standard InChI is InChI=1S/C12H15O/c1-12(2,13)11-7-6-9-4-3-5-10(9)8-11/h6-8H,3-5H2,1-2H3. The second-order valence-corrected chi connectivity index (χ2v) is 4.35. The lowest BCUT2D eigenvalue weighted by Gasteiger charge is -2.15. The molecule has 0 saturated carbocycles. The quantitative estimate of drug-likeness (QED) is 0.625. The largest absolute Gasteiger partial charge is 0.225 e. The fourth-order valence-electron chi connectivity index (χ4n) is 1.95. The van der Waals surface area contributed by atoms with Crippen molar-refractivity contribution in [3.05, 3.63) is 34.9 Å². The summed E-state index contributed by atoms with van der Waals surface area (Å²) in [4.78, 5) is 0. The van der Waals surface area contributed by atoms with Gasteiger partial charge in [0.15, 0.2) is 0 Å². The van der Waals surface area contributed by atoms with Gasteiger partial charge < -0.3 is 0 Å². The van der Waals surface area contributed by atoms with Crippen molar-refractivity contribution in [1.82, 2.24) is 0 Å². The molecule has 1 nitrogen and oxygen atoms in total. The molecule has 1 aliphatic carbocycles. The van der Waals surface area contributed by atoms with E-state index < -0.39 is 5.60 Å². The number of fused-ring (bicyclic) bond motifs is 1. The van der Waals surface area contributed by atoms with Gasteiger partial charge in [-0.2, -0.15) is 0 Å². The summed E-state index contributed by atoms with van der Waals surface area (Å²) in [6, 6.07) is 6.20. The highest BCUT2D eigenvalue weighted by Gasteiger charge is 2.20. The normalized spacial score (nSPS) is 15.9. The minimum absolute atomic E-state index is 0.924. The number of benzene rings is 1. The molecule has 0 saturated heterocycles. The first-order chi connectivity index (χ1) is 6.07. The van der Waals surface area contributed by atoms with Crippen LogP contribution >= 0.6 is 0 Å². The lowest BCUT2D eigenvalue weighted by atomic mass is 9.95. The molecule has 13 heavy (non-hydrogen) atoms. The first-order valence-corrected chi connectivity index (χ1v) is 4.90. The molecule has 0 amide bonds. The summed E-state index contributed by atoms with van der Waals surface area (Å²) in [6.07, 6.45) is 3.59. The number of rotatable bonds is 1. The van der Waals surface area contributed by atoms with E-state index in [4.69, 9.17) is 0 Å². The Hall–Kier alpha value is -0.820. The highest BCUT2D eigenvalue weighted by Crippen LogP contribution is 2.27. The van der Waals surface area contributed by atoms with E-state index in [1.165, 1.54) is 24.0 Å². The zero-order chi connectivity index (χ0) is 9.47. The van der Waals surface area contributed by atoms with Gasteiger partial charge in [0.1, 0.15) is 5.60 Å². The van der Waals surface area contributed by atoms with E-state index in [0.29, 0.717) is 0 Å². The number of hydrogen-bond acceptors (Lipinski definition) is 0. The Labute approximate surface area is 79.4 Å². The zero-order valence-electron chi connectivity index (χ0n) is 8.26. The van der Waals surface area contributed by atoms with Crippen molar-refractivity contribution in [1.29, 1.82) is 0 Å². The molecule has 0 N–H and O–H groups in total. The Morgan fingerprint density at radius 2 is 1.85 bits per heavy atom. The fraction of sp³-hybridized carbons (Fsp3) is 0.500. The van der Waals surface area contributed by atoms with Gasteiger partial charge in [0, 0.05) is 0 Å². The number of aryl methyl sites for hydroxylation is 2. The molecular formula is C12H15O. The predicted molar refractivity (Wildman–Crippen MR) is 52.2 cm³/mol. The minimum atomic E-state index is -0.947. The van der Waals surface area contributed by atoms with Crippen molar-refractivity contribution in [3.63, 3.8) is 0 Å². The summed E-state index contributed by atoms with van der Waals surface area (Å²) in [5.74, 6) is 0. The van der Waals surface area contributed by atoms with Crippen LogP contribution in [0.4, 0.5) is 0 Å².